The van der Waals surface area contributed by atoms with Crippen LogP contribution in [0.2, 0.25) is 0 Å². The van der Waals surface area contributed by atoms with Gasteiger partial charge in [-0.15, -0.1) is 0 Å². The molecule has 0 aromatic rings. The molecule has 1 aliphatic carbocycles. The van der Waals surface area contributed by atoms with E-state index < -0.39 is 0 Å². The second kappa shape index (κ2) is 2.59. The van der Waals surface area contributed by atoms with Crippen molar-refractivity contribution in [2.24, 2.45) is 0 Å². The highest BCUT2D eigenvalue weighted by molar-refractivity contribution is 5.27. The molecule has 0 radical (unpaired) electrons. The highest BCUT2D eigenvalue weighted by Gasteiger charge is 2.22. The standard InChI is InChI=1S/C9H14O/c1-8-6-4-5-7-9(8,2)10-3/h5-7H,4H2,1-3H3. The van der Waals surface area contributed by atoms with E-state index in [0.717, 1.165) is 6.42 Å². The summed E-state index contributed by atoms with van der Waals surface area (Å²) in [7, 11) is 1.74. The van der Waals surface area contributed by atoms with Crippen molar-refractivity contribution >= 4 is 0 Å². The topological polar surface area (TPSA) is 9.23 Å². The smallest absolute Gasteiger partial charge is 0.104 e. The molecule has 1 nitrogen and oxygen atoms in total. The van der Waals surface area contributed by atoms with Gasteiger partial charge in [0.15, 0.2) is 0 Å². The van der Waals surface area contributed by atoms with Crippen LogP contribution in [0, 0.1) is 0 Å². The first-order valence-corrected chi connectivity index (χ1v) is 3.59. The highest BCUT2D eigenvalue weighted by Crippen LogP contribution is 2.25. The van der Waals surface area contributed by atoms with E-state index >= 15 is 0 Å². The maximum absolute atomic E-state index is 5.34. The maximum atomic E-state index is 5.34. The number of ether oxygens (including phenoxy) is 1. The van der Waals surface area contributed by atoms with Gasteiger partial charge in [-0.2, -0.15) is 0 Å². The lowest BCUT2D eigenvalue weighted by atomic mass is 9.91. The first-order chi connectivity index (χ1) is 4.69. The molecule has 0 aromatic heterocycles. The van der Waals surface area contributed by atoms with Crippen molar-refractivity contribution in [1.29, 1.82) is 0 Å². The molecular weight excluding hydrogens is 124 g/mol. The second-order valence-corrected chi connectivity index (χ2v) is 2.84. The summed E-state index contributed by atoms with van der Waals surface area (Å²) >= 11 is 0. The van der Waals surface area contributed by atoms with E-state index in [1.807, 2.05) is 0 Å². The summed E-state index contributed by atoms with van der Waals surface area (Å²) < 4.78 is 5.34. The van der Waals surface area contributed by atoms with Gasteiger partial charge in [0.05, 0.1) is 0 Å². The summed E-state index contributed by atoms with van der Waals surface area (Å²) in [6.07, 6.45) is 7.49. The van der Waals surface area contributed by atoms with Gasteiger partial charge < -0.3 is 4.74 Å². The summed E-state index contributed by atoms with van der Waals surface area (Å²) in [5.74, 6) is 0. The maximum Gasteiger partial charge on any atom is 0.104 e. The quantitative estimate of drug-likeness (QED) is 0.505. The van der Waals surface area contributed by atoms with E-state index in [-0.39, 0.29) is 5.60 Å². The average molecular weight is 138 g/mol. The largest absolute Gasteiger partial charge is 0.370 e. The van der Waals surface area contributed by atoms with Gasteiger partial charge in [-0.05, 0) is 25.8 Å². The molecule has 0 fully saturated rings. The molecule has 0 bridgehead atoms. The number of allylic oxidation sites excluding steroid dienone is 2. The zero-order valence-corrected chi connectivity index (χ0v) is 6.85. The van der Waals surface area contributed by atoms with Gasteiger partial charge in [-0.3, -0.25) is 0 Å². The van der Waals surface area contributed by atoms with Crippen LogP contribution in [0.5, 0.6) is 0 Å². The SMILES string of the molecule is COC1(C)C=CCC=C1C. The summed E-state index contributed by atoms with van der Waals surface area (Å²) in [6.45, 7) is 4.18. The Labute approximate surface area is 62.4 Å². The van der Waals surface area contributed by atoms with Gasteiger partial charge in [-0.1, -0.05) is 18.2 Å². The lowest BCUT2D eigenvalue weighted by molar-refractivity contribution is 0.0788. The van der Waals surface area contributed by atoms with Crippen LogP contribution >= 0.6 is 0 Å². The van der Waals surface area contributed by atoms with Crippen LogP contribution in [0.15, 0.2) is 23.8 Å². The lowest BCUT2D eigenvalue weighted by Gasteiger charge is -2.27. The van der Waals surface area contributed by atoms with Crippen molar-refractivity contribution in [3.05, 3.63) is 23.8 Å². The molecular formula is C9H14O. The Balaban J connectivity index is 2.83. The van der Waals surface area contributed by atoms with Gasteiger partial charge in [0.25, 0.3) is 0 Å². The minimum absolute atomic E-state index is 0.141. The minimum Gasteiger partial charge on any atom is -0.370 e. The van der Waals surface area contributed by atoms with Gasteiger partial charge in [-0.25, -0.2) is 0 Å². The Morgan fingerprint density at radius 2 is 2.30 bits per heavy atom. The normalized spacial score (nSPS) is 32.1. The van der Waals surface area contributed by atoms with E-state index in [9.17, 15) is 0 Å². The van der Waals surface area contributed by atoms with E-state index in [2.05, 4.69) is 32.1 Å². The Morgan fingerprint density at radius 1 is 1.60 bits per heavy atom. The minimum atomic E-state index is -0.141. The fourth-order valence-electron chi connectivity index (χ4n) is 1.10. The van der Waals surface area contributed by atoms with Crippen molar-refractivity contribution in [2.75, 3.05) is 7.11 Å². The first kappa shape index (κ1) is 7.55. The van der Waals surface area contributed by atoms with Gasteiger partial charge in [0, 0.05) is 7.11 Å². The highest BCUT2D eigenvalue weighted by atomic mass is 16.5. The van der Waals surface area contributed by atoms with Gasteiger partial charge >= 0.3 is 0 Å². The van der Waals surface area contributed by atoms with Crippen LogP contribution in [-0.4, -0.2) is 12.7 Å². The summed E-state index contributed by atoms with van der Waals surface area (Å²) in [4.78, 5) is 0. The fourth-order valence-corrected chi connectivity index (χ4v) is 1.10. The number of hydrogen-bond donors (Lipinski definition) is 0. The Bertz CT molecular complexity index is 179. The van der Waals surface area contributed by atoms with Crippen molar-refractivity contribution in [3.63, 3.8) is 0 Å². The molecule has 1 atom stereocenters. The zero-order chi connectivity index (χ0) is 7.61. The molecule has 0 N–H and O–H groups in total. The molecule has 0 spiro atoms. The predicted molar refractivity (Wildman–Crippen MR) is 42.9 cm³/mol. The van der Waals surface area contributed by atoms with E-state index in [1.165, 1.54) is 5.57 Å². The van der Waals surface area contributed by atoms with Gasteiger partial charge in [0.2, 0.25) is 0 Å². The van der Waals surface area contributed by atoms with Crippen molar-refractivity contribution in [3.8, 4) is 0 Å². The molecule has 1 aliphatic rings. The molecule has 0 heterocycles. The molecule has 0 amide bonds. The van der Waals surface area contributed by atoms with E-state index in [4.69, 9.17) is 4.74 Å². The van der Waals surface area contributed by atoms with Crippen LogP contribution in [0.4, 0.5) is 0 Å². The molecule has 10 heavy (non-hydrogen) atoms. The summed E-state index contributed by atoms with van der Waals surface area (Å²) in [5.41, 5.74) is 1.16. The lowest BCUT2D eigenvalue weighted by Crippen LogP contribution is -2.27. The van der Waals surface area contributed by atoms with Crippen molar-refractivity contribution < 1.29 is 4.74 Å². The molecule has 0 aromatic carbocycles. The third-order valence-electron chi connectivity index (χ3n) is 2.20. The van der Waals surface area contributed by atoms with Crippen molar-refractivity contribution in [2.45, 2.75) is 25.9 Å². The summed E-state index contributed by atoms with van der Waals surface area (Å²) in [5, 5.41) is 0. The Kier molecular flexibility index (Phi) is 1.95. The number of hydrogen-bond acceptors (Lipinski definition) is 1. The molecule has 1 unspecified atom stereocenters. The van der Waals surface area contributed by atoms with Crippen LogP contribution in [0.25, 0.3) is 0 Å². The second-order valence-electron chi connectivity index (χ2n) is 2.84. The number of methoxy groups -OCH3 is 1. The first-order valence-electron chi connectivity index (χ1n) is 3.59. The molecule has 1 heteroatoms. The Morgan fingerprint density at radius 3 is 2.70 bits per heavy atom. The third kappa shape index (κ3) is 1.14. The Hall–Kier alpha value is -0.560. The average Bonchev–Trinajstić information content (AvgIpc) is 1.96. The molecule has 0 saturated heterocycles. The molecule has 0 saturated carbocycles. The predicted octanol–water partition coefficient (Wildman–Crippen LogP) is 2.30. The summed E-state index contributed by atoms with van der Waals surface area (Å²) in [6, 6.07) is 0. The third-order valence-corrected chi connectivity index (χ3v) is 2.20. The van der Waals surface area contributed by atoms with E-state index in [0.29, 0.717) is 0 Å². The van der Waals surface area contributed by atoms with Crippen LogP contribution in [-0.2, 0) is 4.74 Å². The van der Waals surface area contributed by atoms with E-state index in [1.54, 1.807) is 7.11 Å². The number of rotatable bonds is 1. The van der Waals surface area contributed by atoms with Crippen LogP contribution in [0.1, 0.15) is 20.3 Å². The molecule has 1 rings (SSSR count). The van der Waals surface area contributed by atoms with Crippen LogP contribution < -0.4 is 0 Å². The monoisotopic (exact) mass is 138 g/mol. The molecule has 0 aliphatic heterocycles. The molecule has 56 valence electrons. The van der Waals surface area contributed by atoms with Crippen LogP contribution in [0.3, 0.4) is 0 Å². The van der Waals surface area contributed by atoms with Crippen molar-refractivity contribution in [1.82, 2.24) is 0 Å². The fraction of sp³-hybridized carbons (Fsp3) is 0.556. The zero-order valence-electron chi connectivity index (χ0n) is 6.85. The van der Waals surface area contributed by atoms with Gasteiger partial charge in [0.1, 0.15) is 5.60 Å².